The molecule has 4 heteroatoms. The van der Waals surface area contributed by atoms with Crippen molar-refractivity contribution in [1.29, 1.82) is 0 Å². The molecule has 7 rings (SSSR count). The highest BCUT2D eigenvalue weighted by Crippen LogP contribution is 2.58. The standard InChI is InChI=1S/C40H40S4/c1-21(2)25-17-18-26(22(3)4)36-35(25)41-39(42-36)33-29-13-9-11-15-31(29)34(32-16-12-10-14-30(32)33)40-43-37-27(23(5)6)19-20-28(24(7)8)38(37)44-40/h9-24H,1-8H3. The maximum absolute atomic E-state index is 2.38. The Morgan fingerprint density at radius 2 is 0.568 bits per heavy atom. The van der Waals surface area contributed by atoms with Crippen LogP contribution in [0.15, 0.2) is 92.4 Å². The van der Waals surface area contributed by atoms with Gasteiger partial charge in [0.1, 0.15) is 0 Å². The molecule has 0 fully saturated rings. The summed E-state index contributed by atoms with van der Waals surface area (Å²) in [6.07, 6.45) is 0. The summed E-state index contributed by atoms with van der Waals surface area (Å²) in [6, 6.07) is 27.9. The fourth-order valence-corrected chi connectivity index (χ4v) is 13.0. The number of thioether (sulfide) groups is 4. The summed E-state index contributed by atoms with van der Waals surface area (Å²) in [5.41, 5.74) is 5.87. The van der Waals surface area contributed by atoms with E-state index < -0.39 is 0 Å². The van der Waals surface area contributed by atoms with Crippen LogP contribution in [0.25, 0.3) is 30.0 Å². The third-order valence-electron chi connectivity index (χ3n) is 8.95. The molecular weight excluding hydrogens is 609 g/mol. The van der Waals surface area contributed by atoms with Crippen LogP contribution in [0.3, 0.4) is 0 Å². The van der Waals surface area contributed by atoms with E-state index >= 15 is 0 Å². The largest absolute Gasteiger partial charge is 0.0805 e. The lowest BCUT2D eigenvalue weighted by Crippen LogP contribution is -2.16. The number of fused-ring (bicyclic) bond motifs is 4. The first kappa shape index (κ1) is 30.4. The summed E-state index contributed by atoms with van der Waals surface area (Å²) < 4.78 is 2.83. The minimum absolute atomic E-state index is 0.495. The lowest BCUT2D eigenvalue weighted by molar-refractivity contribution is 0.793. The Hall–Kier alpha value is -2.24. The zero-order chi connectivity index (χ0) is 30.9. The summed E-state index contributed by atoms with van der Waals surface area (Å²) in [5, 5.41) is 8.23. The summed E-state index contributed by atoms with van der Waals surface area (Å²) in [5.74, 6) is 1.98. The smallest absolute Gasteiger partial charge is 0.0584 e. The van der Waals surface area contributed by atoms with E-state index in [1.165, 1.54) is 82.3 Å². The summed E-state index contributed by atoms with van der Waals surface area (Å²) >= 11 is 8.02. The minimum Gasteiger partial charge on any atom is -0.0805 e. The molecule has 0 aromatic heterocycles. The van der Waals surface area contributed by atoms with Crippen molar-refractivity contribution in [2.75, 3.05) is 0 Å². The van der Waals surface area contributed by atoms with Gasteiger partial charge in [-0.25, -0.2) is 0 Å². The minimum atomic E-state index is 0.495. The van der Waals surface area contributed by atoms with Crippen molar-refractivity contribution in [1.82, 2.24) is 0 Å². The first-order valence-corrected chi connectivity index (χ1v) is 19.1. The Balaban J connectivity index is 1.55. The second-order valence-electron chi connectivity index (χ2n) is 13.2. The van der Waals surface area contributed by atoms with Gasteiger partial charge in [0.2, 0.25) is 0 Å². The van der Waals surface area contributed by atoms with Crippen molar-refractivity contribution in [2.45, 2.75) is 98.6 Å². The fourth-order valence-electron chi connectivity index (χ4n) is 6.61. The van der Waals surface area contributed by atoms with E-state index in [2.05, 4.69) is 128 Å². The Labute approximate surface area is 279 Å². The zero-order valence-electron chi connectivity index (χ0n) is 26.9. The van der Waals surface area contributed by atoms with Gasteiger partial charge in [0.25, 0.3) is 0 Å². The number of rotatable bonds is 4. The summed E-state index contributed by atoms with van der Waals surface area (Å²) in [6.45, 7) is 18.6. The van der Waals surface area contributed by atoms with Gasteiger partial charge < -0.3 is 0 Å². The van der Waals surface area contributed by atoms with Crippen molar-refractivity contribution < 1.29 is 0 Å². The predicted molar refractivity (Wildman–Crippen MR) is 200 cm³/mol. The van der Waals surface area contributed by atoms with Gasteiger partial charge in [-0.2, -0.15) is 0 Å². The monoisotopic (exact) mass is 648 g/mol. The molecule has 0 bridgehead atoms. The van der Waals surface area contributed by atoms with Crippen LogP contribution in [0.4, 0.5) is 0 Å². The van der Waals surface area contributed by atoms with Crippen LogP contribution in [-0.2, 0) is 0 Å². The van der Waals surface area contributed by atoms with Crippen LogP contribution in [-0.4, -0.2) is 0 Å². The molecule has 0 N–H and O–H groups in total. The van der Waals surface area contributed by atoms with Gasteiger partial charge in [-0.15, -0.1) is 0 Å². The van der Waals surface area contributed by atoms with Crippen molar-refractivity contribution in [3.8, 4) is 0 Å². The van der Waals surface area contributed by atoms with E-state index in [1.54, 1.807) is 0 Å². The average molecular weight is 649 g/mol. The van der Waals surface area contributed by atoms with Gasteiger partial charge in [-0.3, -0.25) is 0 Å². The summed E-state index contributed by atoms with van der Waals surface area (Å²) in [7, 11) is 0. The zero-order valence-corrected chi connectivity index (χ0v) is 30.1. The molecule has 0 saturated carbocycles. The third-order valence-corrected chi connectivity index (χ3v) is 14.3. The Morgan fingerprint density at radius 1 is 0.341 bits per heavy atom. The number of benzene rings is 5. The second kappa shape index (κ2) is 11.8. The first-order chi connectivity index (χ1) is 21.2. The Morgan fingerprint density at radius 3 is 0.773 bits per heavy atom. The highest BCUT2D eigenvalue weighted by Gasteiger charge is 2.30. The molecule has 5 aromatic carbocycles. The number of hydrogen-bond acceptors (Lipinski definition) is 4. The van der Waals surface area contributed by atoms with Crippen LogP contribution in [0.2, 0.25) is 0 Å². The molecule has 44 heavy (non-hydrogen) atoms. The molecule has 0 amide bonds. The van der Waals surface area contributed by atoms with Crippen molar-refractivity contribution >= 4 is 77.1 Å². The molecule has 0 atom stereocenters. The Kier molecular flexibility index (Phi) is 8.19. The average Bonchev–Trinajstić information content (AvgIpc) is 3.63. The maximum atomic E-state index is 2.38. The predicted octanol–water partition coefficient (Wildman–Crippen LogP) is 12.4. The molecular formula is C40H40S4. The molecule has 0 nitrogen and oxygen atoms in total. The molecule has 0 radical (unpaired) electrons. The van der Waals surface area contributed by atoms with Crippen LogP contribution in [0, 0.1) is 0 Å². The van der Waals surface area contributed by atoms with Gasteiger partial charge in [-0.1, -0.05) is 175 Å². The van der Waals surface area contributed by atoms with Gasteiger partial charge in [-0.05, 0) is 67.5 Å². The molecule has 2 heterocycles. The van der Waals surface area contributed by atoms with E-state index in [0.717, 1.165) is 0 Å². The van der Waals surface area contributed by atoms with Crippen molar-refractivity contribution in [2.24, 2.45) is 0 Å². The highest BCUT2D eigenvalue weighted by atomic mass is 32.2. The van der Waals surface area contributed by atoms with Gasteiger partial charge in [0.15, 0.2) is 0 Å². The lowest BCUT2D eigenvalue weighted by atomic mass is 9.97. The number of hydrogen-bond donors (Lipinski definition) is 0. The molecule has 0 saturated heterocycles. The van der Waals surface area contributed by atoms with Crippen LogP contribution in [0.1, 0.15) is 101 Å². The van der Waals surface area contributed by atoms with Crippen LogP contribution < -0.4 is 10.4 Å². The maximum Gasteiger partial charge on any atom is 0.0584 e. The van der Waals surface area contributed by atoms with E-state index in [1.807, 2.05) is 47.0 Å². The molecule has 0 spiro atoms. The molecule has 224 valence electrons. The fraction of sp³-hybridized carbons (Fsp3) is 0.300. The van der Waals surface area contributed by atoms with E-state index in [9.17, 15) is 0 Å². The molecule has 0 unspecified atom stereocenters. The normalized spacial score (nSPS) is 14.7. The summed E-state index contributed by atoms with van der Waals surface area (Å²) in [4.78, 5) is 5.88. The second-order valence-corrected chi connectivity index (χ2v) is 17.8. The van der Waals surface area contributed by atoms with Gasteiger partial charge >= 0.3 is 0 Å². The third kappa shape index (κ3) is 4.96. The van der Waals surface area contributed by atoms with Crippen molar-refractivity contribution in [3.05, 3.63) is 105 Å². The van der Waals surface area contributed by atoms with E-state index in [-0.39, 0.29) is 0 Å². The quantitative estimate of drug-likeness (QED) is 0.178. The topological polar surface area (TPSA) is 0 Å². The van der Waals surface area contributed by atoms with Crippen molar-refractivity contribution in [3.63, 3.8) is 0 Å². The van der Waals surface area contributed by atoms with Gasteiger partial charge in [0, 0.05) is 30.0 Å². The van der Waals surface area contributed by atoms with E-state index in [0.29, 0.717) is 23.7 Å². The SMILES string of the molecule is CC(C)c1ccc(C(C)C)c2c1SC(=c1c3ccccc3c(=C3Sc4c(C(C)C)ccc(C(C)C)c4S3)c3ccccc13)S2. The molecule has 2 aliphatic rings. The molecule has 0 aliphatic carbocycles. The Bertz CT molecular complexity index is 1790. The van der Waals surface area contributed by atoms with Gasteiger partial charge in [0.05, 0.1) is 8.47 Å². The van der Waals surface area contributed by atoms with Crippen LogP contribution >= 0.6 is 47.0 Å². The van der Waals surface area contributed by atoms with E-state index in [4.69, 9.17) is 0 Å². The lowest BCUT2D eigenvalue weighted by Gasteiger charge is -2.15. The van der Waals surface area contributed by atoms with Crippen LogP contribution in [0.5, 0.6) is 0 Å². The highest BCUT2D eigenvalue weighted by molar-refractivity contribution is 8.32. The molecule has 5 aromatic rings. The molecule has 2 aliphatic heterocycles. The first-order valence-electron chi connectivity index (χ1n) is 15.9.